The van der Waals surface area contributed by atoms with Crippen LogP contribution in [0.15, 0.2) is 0 Å². The van der Waals surface area contributed by atoms with Gasteiger partial charge < -0.3 is 19.7 Å². The molecule has 0 aromatic rings. The van der Waals surface area contributed by atoms with E-state index in [0.29, 0.717) is 12.8 Å². The van der Waals surface area contributed by atoms with Gasteiger partial charge in [-0.05, 0) is 25.7 Å². The second-order valence-electron chi connectivity index (χ2n) is 5.07. The molecule has 0 saturated carbocycles. The molecule has 0 aromatic heterocycles. The lowest BCUT2D eigenvalue weighted by molar-refractivity contribution is -0.138. The van der Waals surface area contributed by atoms with E-state index in [1.807, 2.05) is 6.92 Å². The van der Waals surface area contributed by atoms with Gasteiger partial charge in [0.25, 0.3) is 0 Å². The molecule has 1 N–H and O–H groups in total. The normalized spacial score (nSPS) is 23.2. The molecule has 1 rings (SSSR count). The zero-order valence-corrected chi connectivity index (χ0v) is 12.4. The number of ether oxygens (including phenoxy) is 1. The van der Waals surface area contributed by atoms with Crippen molar-refractivity contribution in [2.45, 2.75) is 64.1 Å². The second-order valence-corrected chi connectivity index (χ2v) is 5.07. The van der Waals surface area contributed by atoms with Gasteiger partial charge in [0.2, 0.25) is 5.91 Å². The Hall–Kier alpha value is -1.59. The Morgan fingerprint density at radius 3 is 2.60 bits per heavy atom. The minimum Gasteiger partial charge on any atom is -0.453 e. The minimum atomic E-state index is -0.637. The smallest absolute Gasteiger partial charge is 0.407 e. The van der Waals surface area contributed by atoms with Crippen molar-refractivity contribution in [3.05, 3.63) is 0 Å². The number of methoxy groups -OCH3 is 1. The molecule has 1 heterocycles. The fourth-order valence-electron chi connectivity index (χ4n) is 2.73. The number of amides is 2. The quantitative estimate of drug-likeness (QED) is 0.750. The van der Waals surface area contributed by atoms with E-state index in [1.165, 1.54) is 7.11 Å². The zero-order chi connectivity index (χ0) is 15.1. The van der Waals surface area contributed by atoms with Gasteiger partial charge in [0.1, 0.15) is 12.3 Å². The molecule has 1 aliphatic rings. The van der Waals surface area contributed by atoms with Crippen molar-refractivity contribution in [2.75, 3.05) is 7.11 Å². The second kappa shape index (κ2) is 7.87. The van der Waals surface area contributed by atoms with Gasteiger partial charge in [-0.2, -0.15) is 0 Å². The van der Waals surface area contributed by atoms with Gasteiger partial charge in [-0.1, -0.05) is 20.3 Å². The van der Waals surface area contributed by atoms with E-state index in [2.05, 4.69) is 17.0 Å². The molecule has 0 aromatic carbocycles. The maximum atomic E-state index is 12.6. The van der Waals surface area contributed by atoms with E-state index in [-0.39, 0.29) is 18.0 Å². The van der Waals surface area contributed by atoms with Crippen LogP contribution in [0.3, 0.4) is 0 Å². The van der Waals surface area contributed by atoms with Gasteiger partial charge in [-0.3, -0.25) is 4.79 Å². The first-order chi connectivity index (χ1) is 9.58. The van der Waals surface area contributed by atoms with Crippen molar-refractivity contribution < 1.29 is 19.1 Å². The van der Waals surface area contributed by atoms with Crippen LogP contribution in [0, 0.1) is 0 Å². The van der Waals surface area contributed by atoms with Crippen molar-refractivity contribution in [3.8, 4) is 0 Å². The van der Waals surface area contributed by atoms with Crippen LogP contribution < -0.4 is 5.32 Å². The van der Waals surface area contributed by atoms with Gasteiger partial charge in [0.05, 0.1) is 13.2 Å². The van der Waals surface area contributed by atoms with Crippen LogP contribution in [0.4, 0.5) is 4.79 Å². The van der Waals surface area contributed by atoms with Gasteiger partial charge in [-0.15, -0.1) is 0 Å². The predicted octanol–water partition coefficient (Wildman–Crippen LogP) is 1.48. The maximum Gasteiger partial charge on any atom is 0.407 e. The molecule has 6 nitrogen and oxygen atoms in total. The van der Waals surface area contributed by atoms with E-state index in [0.717, 1.165) is 25.5 Å². The summed E-state index contributed by atoms with van der Waals surface area (Å²) in [6.07, 6.45) is 4.06. The summed E-state index contributed by atoms with van der Waals surface area (Å²) in [5.41, 5.74) is 0. The summed E-state index contributed by atoms with van der Waals surface area (Å²) in [5.74, 6) is -0.189. The number of aldehydes is 1. The summed E-state index contributed by atoms with van der Waals surface area (Å²) in [5, 5.41) is 2.53. The summed E-state index contributed by atoms with van der Waals surface area (Å²) < 4.78 is 4.53. The first-order valence-corrected chi connectivity index (χ1v) is 7.20. The fraction of sp³-hybridized carbons (Fsp3) is 0.786. The predicted molar refractivity (Wildman–Crippen MR) is 74.2 cm³/mol. The number of hydrogen-bond donors (Lipinski definition) is 1. The Morgan fingerprint density at radius 1 is 1.40 bits per heavy atom. The summed E-state index contributed by atoms with van der Waals surface area (Å²) in [4.78, 5) is 36.7. The standard InChI is InChI=1S/C14H24N2O4/c1-4-6-10-7-8-11(9-17)16(10)13(18)12(5-2)15-14(19)20-3/h9-12H,4-8H2,1-3H3,(H,15,19)/t10-,11+,12+/m1/s1. The fourth-order valence-corrected chi connectivity index (χ4v) is 2.73. The highest BCUT2D eigenvalue weighted by atomic mass is 16.5. The number of rotatable bonds is 6. The lowest BCUT2D eigenvalue weighted by Gasteiger charge is -2.31. The number of carbonyl (C=O) groups is 3. The van der Waals surface area contributed by atoms with E-state index in [4.69, 9.17) is 0 Å². The molecular weight excluding hydrogens is 260 g/mol. The van der Waals surface area contributed by atoms with Gasteiger partial charge in [0, 0.05) is 6.04 Å². The van der Waals surface area contributed by atoms with Crippen molar-refractivity contribution >= 4 is 18.3 Å². The molecule has 1 saturated heterocycles. The third-order valence-corrected chi connectivity index (χ3v) is 3.76. The Balaban J connectivity index is 2.82. The molecule has 1 fully saturated rings. The van der Waals surface area contributed by atoms with Crippen molar-refractivity contribution in [1.82, 2.24) is 10.2 Å². The Bertz CT molecular complexity index is 359. The molecule has 0 radical (unpaired) electrons. The van der Waals surface area contributed by atoms with E-state index >= 15 is 0 Å². The Morgan fingerprint density at radius 2 is 2.10 bits per heavy atom. The van der Waals surface area contributed by atoms with Crippen LogP contribution in [0.2, 0.25) is 0 Å². The molecule has 20 heavy (non-hydrogen) atoms. The first-order valence-electron chi connectivity index (χ1n) is 7.20. The highest BCUT2D eigenvalue weighted by Gasteiger charge is 2.38. The third-order valence-electron chi connectivity index (χ3n) is 3.76. The molecule has 6 heteroatoms. The van der Waals surface area contributed by atoms with Crippen LogP contribution in [-0.2, 0) is 14.3 Å². The van der Waals surface area contributed by atoms with E-state index in [9.17, 15) is 14.4 Å². The van der Waals surface area contributed by atoms with Gasteiger partial charge in [0.15, 0.2) is 0 Å². The van der Waals surface area contributed by atoms with Crippen molar-refractivity contribution in [1.29, 1.82) is 0 Å². The van der Waals surface area contributed by atoms with Crippen LogP contribution in [0.25, 0.3) is 0 Å². The van der Waals surface area contributed by atoms with E-state index < -0.39 is 12.1 Å². The molecule has 114 valence electrons. The number of alkyl carbamates (subject to hydrolysis) is 1. The lowest BCUT2D eigenvalue weighted by Crippen LogP contribution is -2.52. The summed E-state index contributed by atoms with van der Waals surface area (Å²) in [6, 6.07) is -0.911. The zero-order valence-electron chi connectivity index (χ0n) is 12.4. The minimum absolute atomic E-state index is 0.0937. The Labute approximate surface area is 119 Å². The van der Waals surface area contributed by atoms with Crippen LogP contribution in [-0.4, -0.2) is 48.4 Å². The maximum absolute atomic E-state index is 12.6. The Kier molecular flexibility index (Phi) is 6.48. The average molecular weight is 284 g/mol. The van der Waals surface area contributed by atoms with Crippen LogP contribution in [0.1, 0.15) is 46.0 Å². The monoisotopic (exact) mass is 284 g/mol. The number of hydrogen-bond acceptors (Lipinski definition) is 4. The highest BCUT2D eigenvalue weighted by molar-refractivity contribution is 5.88. The molecule has 2 amide bonds. The van der Waals surface area contributed by atoms with Crippen molar-refractivity contribution in [2.24, 2.45) is 0 Å². The molecule has 3 atom stereocenters. The highest BCUT2D eigenvalue weighted by Crippen LogP contribution is 2.27. The summed E-state index contributed by atoms with van der Waals surface area (Å²) in [6.45, 7) is 3.88. The average Bonchev–Trinajstić information content (AvgIpc) is 2.86. The van der Waals surface area contributed by atoms with Crippen molar-refractivity contribution in [3.63, 3.8) is 0 Å². The molecular formula is C14H24N2O4. The number of nitrogens with one attached hydrogen (secondary N) is 1. The molecule has 1 aliphatic heterocycles. The number of nitrogens with zero attached hydrogens (tertiary/aromatic N) is 1. The first kappa shape index (κ1) is 16.5. The van der Waals surface area contributed by atoms with Gasteiger partial charge in [-0.25, -0.2) is 4.79 Å². The van der Waals surface area contributed by atoms with Crippen LogP contribution in [0.5, 0.6) is 0 Å². The molecule has 0 bridgehead atoms. The SMILES string of the molecule is CCC[C@@H]1CC[C@@H](C=O)N1C(=O)[C@H](CC)NC(=O)OC. The molecule has 0 spiro atoms. The molecule has 0 aliphatic carbocycles. The van der Waals surface area contributed by atoms with E-state index in [1.54, 1.807) is 4.90 Å². The largest absolute Gasteiger partial charge is 0.453 e. The summed E-state index contributed by atoms with van der Waals surface area (Å²) >= 11 is 0. The number of carbonyl (C=O) groups excluding carboxylic acids is 3. The topological polar surface area (TPSA) is 75.7 Å². The van der Waals surface area contributed by atoms with Gasteiger partial charge >= 0.3 is 6.09 Å². The summed E-state index contributed by atoms with van der Waals surface area (Å²) in [7, 11) is 1.26. The molecule has 0 unspecified atom stereocenters. The number of likely N-dealkylation sites (tertiary alicyclic amines) is 1. The van der Waals surface area contributed by atoms with Crippen LogP contribution >= 0.6 is 0 Å². The lowest BCUT2D eigenvalue weighted by atomic mass is 10.1. The third kappa shape index (κ3) is 3.71.